The van der Waals surface area contributed by atoms with E-state index in [2.05, 4.69) is 15.3 Å². The molecule has 0 aromatic rings. The first-order chi connectivity index (χ1) is 16.1. The molecule has 0 saturated carbocycles. The van der Waals surface area contributed by atoms with Crippen LogP contribution in [-0.2, 0) is 0 Å². The minimum Gasteiger partial charge on any atom is -0.216 e. The molecule has 230 valence electrons. The van der Waals surface area contributed by atoms with Crippen LogP contribution in [0.15, 0.2) is 0 Å². The molecule has 38 heavy (non-hydrogen) atoms. The molecule has 0 fully saturated rings. The molecule has 0 aromatic heterocycles. The number of hydrogen-bond donors (Lipinski definition) is 0. The molecule has 0 bridgehead atoms. The van der Waals surface area contributed by atoms with Crippen molar-refractivity contribution in [3.8, 4) is 0 Å². The Morgan fingerprint density at radius 3 is 1.00 bits per heavy atom. The normalized spacial score (nSPS) is 16.6. The standard InChI is InChI=1S/C17H18BrF19Si/c1-7(2)38(18,8(3)4)6-5-9(19,20)11(22,23)13(26,27)15(30,31)14(28,29)12(24,25)10(21,16(32,33)34)17(35,36)37/h7-8H,5-6H2,1-4H3. The van der Waals surface area contributed by atoms with Crippen LogP contribution in [0, 0.1) is 0 Å². The van der Waals surface area contributed by atoms with Gasteiger partial charge in [-0.15, -0.1) is 15.3 Å². The maximum Gasteiger partial charge on any atom is 0.438 e. The zero-order valence-corrected chi connectivity index (χ0v) is 21.7. The molecular weight excluding hydrogens is 673 g/mol. The van der Waals surface area contributed by atoms with E-state index in [1.807, 2.05) is 0 Å². The number of alkyl halides is 19. The maximum atomic E-state index is 14.2. The minimum atomic E-state index is -8.98. The molecule has 0 radical (unpaired) electrons. The van der Waals surface area contributed by atoms with Gasteiger partial charge in [0.1, 0.15) is 6.69 Å². The van der Waals surface area contributed by atoms with Gasteiger partial charge in [0, 0.05) is 6.42 Å². The second-order valence-corrected chi connectivity index (χ2v) is 18.1. The van der Waals surface area contributed by atoms with E-state index in [4.69, 9.17) is 0 Å². The summed E-state index contributed by atoms with van der Waals surface area (Å²) in [5, 5.41) is 0. The molecule has 0 nitrogen and oxygen atoms in total. The molecule has 0 rings (SSSR count). The summed E-state index contributed by atoms with van der Waals surface area (Å²) in [4.78, 5) is 0. The zero-order valence-electron chi connectivity index (χ0n) is 19.1. The van der Waals surface area contributed by atoms with Crippen LogP contribution in [0.1, 0.15) is 34.1 Å². The van der Waals surface area contributed by atoms with E-state index in [0.29, 0.717) is 0 Å². The molecule has 0 aliphatic heterocycles. The quantitative estimate of drug-likeness (QED) is 0.115. The Kier molecular flexibility index (Phi) is 9.86. The fourth-order valence-corrected chi connectivity index (χ4v) is 7.08. The lowest BCUT2D eigenvalue weighted by Gasteiger charge is -2.45. The van der Waals surface area contributed by atoms with E-state index < -0.39 is 83.8 Å². The molecule has 0 aromatic carbocycles. The van der Waals surface area contributed by atoms with Crippen molar-refractivity contribution in [2.24, 2.45) is 0 Å². The van der Waals surface area contributed by atoms with E-state index in [9.17, 15) is 83.4 Å². The molecule has 0 aliphatic rings. The van der Waals surface area contributed by atoms with Gasteiger partial charge >= 0.3 is 53.6 Å². The summed E-state index contributed by atoms with van der Waals surface area (Å²) in [5.74, 6) is -49.5. The van der Waals surface area contributed by atoms with Crippen molar-refractivity contribution in [1.29, 1.82) is 0 Å². The highest BCUT2D eigenvalue weighted by molar-refractivity contribution is 9.26. The van der Waals surface area contributed by atoms with Gasteiger partial charge in [-0.25, -0.2) is 4.39 Å². The third-order valence-electron chi connectivity index (χ3n) is 5.99. The van der Waals surface area contributed by atoms with Crippen LogP contribution >= 0.6 is 15.3 Å². The van der Waals surface area contributed by atoms with Crippen molar-refractivity contribution in [3.63, 3.8) is 0 Å². The van der Waals surface area contributed by atoms with Gasteiger partial charge in [-0.05, 0) is 17.1 Å². The van der Waals surface area contributed by atoms with Gasteiger partial charge in [-0.1, -0.05) is 27.7 Å². The van der Waals surface area contributed by atoms with E-state index in [0.717, 1.165) is 0 Å². The van der Waals surface area contributed by atoms with Gasteiger partial charge in [-0.3, -0.25) is 0 Å². The molecule has 0 amide bonds. The third kappa shape index (κ3) is 5.12. The predicted molar refractivity (Wildman–Crippen MR) is 99.9 cm³/mol. The Balaban J connectivity index is 6.92. The van der Waals surface area contributed by atoms with Crippen LogP contribution in [0.4, 0.5) is 83.4 Å². The van der Waals surface area contributed by atoms with Crippen LogP contribution in [0.25, 0.3) is 0 Å². The van der Waals surface area contributed by atoms with Crippen molar-refractivity contribution in [3.05, 3.63) is 0 Å². The highest BCUT2D eigenvalue weighted by atomic mass is 79.9. The second-order valence-electron chi connectivity index (χ2n) is 8.97. The highest BCUT2D eigenvalue weighted by Crippen LogP contribution is 2.66. The summed E-state index contributed by atoms with van der Waals surface area (Å²) in [6.07, 6.45) is -19.0. The summed E-state index contributed by atoms with van der Waals surface area (Å²) < 4.78 is 255. The SMILES string of the molecule is CC(C)[Si](Br)(CCC(F)(F)C(F)(F)C(F)(F)C(F)(F)C(F)(F)C(F)(F)C(F)(C(F)(F)F)C(F)(F)F)C(C)C. The van der Waals surface area contributed by atoms with Gasteiger partial charge < -0.3 is 0 Å². The topological polar surface area (TPSA) is 0 Å². The predicted octanol–water partition coefficient (Wildman–Crippen LogP) is 10.2. The third-order valence-corrected chi connectivity index (χ3v) is 17.5. The fourth-order valence-electron chi connectivity index (χ4n) is 3.30. The van der Waals surface area contributed by atoms with Gasteiger partial charge in [0.05, 0.1) is 0 Å². The molecule has 0 unspecified atom stereocenters. The first kappa shape index (κ1) is 37.4. The Bertz CT molecular complexity index is 804. The number of rotatable bonds is 11. The summed E-state index contributed by atoms with van der Waals surface area (Å²) >= 11 is 2.99. The Labute approximate surface area is 210 Å². The molecule has 0 heterocycles. The van der Waals surface area contributed by atoms with E-state index in [1.54, 1.807) is 0 Å². The Morgan fingerprint density at radius 2 is 0.737 bits per heavy atom. The van der Waals surface area contributed by atoms with Crippen molar-refractivity contribution in [2.75, 3.05) is 0 Å². The minimum absolute atomic E-state index is 0.640. The summed E-state index contributed by atoms with van der Waals surface area (Å²) in [6, 6.07) is -1.16. The fraction of sp³-hybridized carbons (Fsp3) is 1.00. The summed E-state index contributed by atoms with van der Waals surface area (Å²) in [5.41, 5.74) is -10.00. The molecule has 21 heteroatoms. The van der Waals surface area contributed by atoms with Crippen LogP contribution in [0.2, 0.25) is 17.1 Å². The van der Waals surface area contributed by atoms with Gasteiger partial charge in [-0.2, -0.15) is 79.0 Å². The largest absolute Gasteiger partial charge is 0.438 e. The lowest BCUT2D eigenvalue weighted by molar-refractivity contribution is -0.472. The molecular formula is C17H18BrF19Si. The van der Waals surface area contributed by atoms with Crippen molar-refractivity contribution in [1.82, 2.24) is 0 Å². The lowest BCUT2D eigenvalue weighted by Crippen LogP contribution is -2.77. The van der Waals surface area contributed by atoms with Crippen molar-refractivity contribution >= 4 is 22.0 Å². The average molecular weight is 691 g/mol. The van der Waals surface area contributed by atoms with Crippen LogP contribution < -0.4 is 0 Å². The molecule has 0 spiro atoms. The van der Waals surface area contributed by atoms with Crippen LogP contribution in [0.3, 0.4) is 0 Å². The highest BCUT2D eigenvalue weighted by Gasteiger charge is 2.98. The number of hydrogen-bond acceptors (Lipinski definition) is 0. The lowest BCUT2D eigenvalue weighted by atomic mass is 9.83. The summed E-state index contributed by atoms with van der Waals surface area (Å²) in [7, 11) is 0. The van der Waals surface area contributed by atoms with Gasteiger partial charge in [0.15, 0.2) is 0 Å². The number of halogens is 20. The van der Waals surface area contributed by atoms with Crippen LogP contribution in [-0.4, -0.2) is 60.2 Å². The van der Waals surface area contributed by atoms with E-state index >= 15 is 0 Å². The van der Waals surface area contributed by atoms with E-state index in [-0.39, 0.29) is 0 Å². The summed E-state index contributed by atoms with van der Waals surface area (Å²) in [6.45, 7) is 2.03. The van der Waals surface area contributed by atoms with E-state index in [1.165, 1.54) is 27.7 Å². The first-order valence-corrected chi connectivity index (χ1v) is 14.5. The zero-order chi connectivity index (χ0) is 31.6. The van der Waals surface area contributed by atoms with Gasteiger partial charge in [0.25, 0.3) is 0 Å². The maximum absolute atomic E-state index is 14.2. The van der Waals surface area contributed by atoms with Crippen molar-refractivity contribution in [2.45, 2.75) is 105 Å². The average Bonchev–Trinajstić information content (AvgIpc) is 2.68. The second kappa shape index (κ2) is 10.0. The van der Waals surface area contributed by atoms with Crippen LogP contribution in [0.5, 0.6) is 0 Å². The molecule has 0 atom stereocenters. The van der Waals surface area contributed by atoms with Gasteiger partial charge in [0.2, 0.25) is 0 Å². The van der Waals surface area contributed by atoms with Crippen molar-refractivity contribution < 1.29 is 83.4 Å². The molecule has 0 aliphatic carbocycles. The molecule has 0 N–H and O–H groups in total. The molecule has 0 saturated heterocycles. The monoisotopic (exact) mass is 690 g/mol. The Morgan fingerprint density at radius 1 is 0.474 bits per heavy atom. The smallest absolute Gasteiger partial charge is 0.216 e. The first-order valence-electron chi connectivity index (χ1n) is 9.87. The Hall–Kier alpha value is -0.633.